The van der Waals surface area contributed by atoms with E-state index >= 15 is 0 Å². The molecule has 14 heavy (non-hydrogen) atoms. The summed E-state index contributed by atoms with van der Waals surface area (Å²) < 4.78 is 13.6. The summed E-state index contributed by atoms with van der Waals surface area (Å²) in [6.45, 7) is 11.7. The molecule has 0 radical (unpaired) electrons. The number of nitrogens with zero attached hydrogens (tertiary/aromatic N) is 1. The second-order valence-electron chi connectivity index (χ2n) is 2.53. The molecule has 0 fully saturated rings. The normalized spacial score (nSPS) is 11.1. The van der Waals surface area contributed by atoms with Gasteiger partial charge in [0.15, 0.2) is 0 Å². The second kappa shape index (κ2) is 9.62. The summed E-state index contributed by atoms with van der Waals surface area (Å²) in [5, 5.41) is 0. The lowest BCUT2D eigenvalue weighted by Crippen LogP contribution is -2.21. The number of rotatable bonds is 5. The summed E-state index contributed by atoms with van der Waals surface area (Å²) in [6.07, 6.45) is 0. The predicted molar refractivity (Wildman–Crippen MR) is 57.1 cm³/mol. The lowest BCUT2D eigenvalue weighted by molar-refractivity contribution is 0.206. The molecule has 5 nitrogen and oxygen atoms in total. The van der Waals surface area contributed by atoms with Crippen molar-refractivity contribution >= 4 is 7.82 Å². The van der Waals surface area contributed by atoms with Crippen molar-refractivity contribution in [1.82, 2.24) is 4.90 Å². The lowest BCUT2D eigenvalue weighted by Gasteiger charge is -2.13. The van der Waals surface area contributed by atoms with E-state index in [1.807, 2.05) is 0 Å². The van der Waals surface area contributed by atoms with Crippen LogP contribution in [0.2, 0.25) is 0 Å². The lowest BCUT2D eigenvalue weighted by atomic mass is 10.5. The molecular weight excluding hydrogens is 205 g/mol. The molecule has 0 spiro atoms. The largest absolute Gasteiger partial charge is 0.469 e. The zero-order valence-corrected chi connectivity index (χ0v) is 10.3. The maximum atomic E-state index is 9.70. The van der Waals surface area contributed by atoms with Gasteiger partial charge in [-0.2, -0.15) is 0 Å². The smallest absolute Gasteiger partial charge is 0.304 e. The first-order valence-electron chi connectivity index (χ1n) is 4.83. The van der Waals surface area contributed by atoms with Crippen LogP contribution in [-0.2, 0) is 9.09 Å². The van der Waals surface area contributed by atoms with E-state index in [2.05, 4.69) is 30.2 Å². The summed E-state index contributed by atoms with van der Waals surface area (Å²) in [5.41, 5.74) is 0. The van der Waals surface area contributed by atoms with Crippen LogP contribution in [-0.4, -0.2) is 40.9 Å². The minimum absolute atomic E-state index is 0.0459. The van der Waals surface area contributed by atoms with Crippen molar-refractivity contribution < 1.29 is 18.9 Å². The van der Waals surface area contributed by atoms with E-state index in [9.17, 15) is 4.57 Å². The summed E-state index contributed by atoms with van der Waals surface area (Å²) in [5.74, 6) is 0. The molecule has 0 aromatic heterocycles. The van der Waals surface area contributed by atoms with Crippen LogP contribution in [0.4, 0.5) is 0 Å². The van der Waals surface area contributed by atoms with E-state index in [1.165, 1.54) is 26.6 Å². The molecule has 0 saturated carbocycles. The molecule has 6 heteroatoms. The first kappa shape index (κ1) is 16.5. The Morgan fingerprint density at radius 2 is 1.43 bits per heavy atom. The second-order valence-corrected chi connectivity index (χ2v) is 3.77. The number of phosphoric acid groups is 1. The van der Waals surface area contributed by atoms with Gasteiger partial charge in [0, 0.05) is 0 Å². The molecule has 0 heterocycles. The Kier molecular flexibility index (Phi) is 11.3. The van der Waals surface area contributed by atoms with Gasteiger partial charge in [-0.25, -0.2) is 4.57 Å². The summed E-state index contributed by atoms with van der Waals surface area (Å²) in [7, 11) is -4.17. The quantitative estimate of drug-likeness (QED) is 0.696. The Labute approximate surface area is 86.3 Å². The predicted octanol–water partition coefficient (Wildman–Crippen LogP) is 1.46. The van der Waals surface area contributed by atoms with Crippen LogP contribution in [0.1, 0.15) is 27.7 Å². The fourth-order valence-electron chi connectivity index (χ4n) is 0.839. The van der Waals surface area contributed by atoms with Gasteiger partial charge in [0.2, 0.25) is 0 Å². The maximum absolute atomic E-state index is 9.70. The van der Waals surface area contributed by atoms with Crippen molar-refractivity contribution in [2.45, 2.75) is 27.7 Å². The van der Waals surface area contributed by atoms with E-state index in [0.717, 1.165) is 0 Å². The van der Waals surface area contributed by atoms with Gasteiger partial charge in [-0.05, 0) is 26.6 Å². The monoisotopic (exact) mass is 227 g/mol. The van der Waals surface area contributed by atoms with Crippen molar-refractivity contribution in [2.24, 2.45) is 0 Å². The van der Waals surface area contributed by atoms with Crippen LogP contribution in [0.5, 0.6) is 0 Å². The molecule has 88 valence electrons. The molecule has 0 saturated heterocycles. The molecule has 0 unspecified atom stereocenters. The van der Waals surface area contributed by atoms with Crippen LogP contribution < -0.4 is 0 Å². The van der Waals surface area contributed by atoms with Crippen molar-refractivity contribution in [3.8, 4) is 0 Å². The highest BCUT2D eigenvalue weighted by Crippen LogP contribution is 2.34. The van der Waals surface area contributed by atoms with Gasteiger partial charge >= 0.3 is 7.82 Å². The summed E-state index contributed by atoms with van der Waals surface area (Å²) >= 11 is 0. The third-order valence-electron chi connectivity index (χ3n) is 1.64. The van der Waals surface area contributed by atoms with E-state index in [4.69, 9.17) is 9.79 Å². The molecule has 0 aliphatic heterocycles. The van der Waals surface area contributed by atoms with Crippen molar-refractivity contribution in [3.63, 3.8) is 0 Å². The Morgan fingerprint density at radius 1 is 1.07 bits per heavy atom. The van der Waals surface area contributed by atoms with Crippen LogP contribution in [0, 0.1) is 0 Å². The standard InChI is InChI=1S/C6H15N.C2H7O4P/c1-4-7(5-2)6-3;1-2-6-7(3,4)5/h4-6H2,1-3H3;2H2,1H3,(H2,3,4,5). The fraction of sp³-hybridized carbons (Fsp3) is 1.00. The van der Waals surface area contributed by atoms with E-state index in [-0.39, 0.29) is 6.61 Å². The van der Waals surface area contributed by atoms with Crippen LogP contribution in [0.3, 0.4) is 0 Å². The Bertz CT molecular complexity index is 150. The van der Waals surface area contributed by atoms with Crippen LogP contribution >= 0.6 is 7.82 Å². The van der Waals surface area contributed by atoms with E-state index in [0.29, 0.717) is 0 Å². The highest BCUT2D eigenvalue weighted by atomic mass is 31.2. The average molecular weight is 227 g/mol. The summed E-state index contributed by atoms with van der Waals surface area (Å²) in [6, 6.07) is 0. The summed E-state index contributed by atoms with van der Waals surface area (Å²) in [4.78, 5) is 18.2. The number of hydrogen-bond acceptors (Lipinski definition) is 3. The third kappa shape index (κ3) is 14.6. The highest BCUT2D eigenvalue weighted by molar-refractivity contribution is 7.46. The minimum Gasteiger partial charge on any atom is -0.304 e. The van der Waals surface area contributed by atoms with E-state index < -0.39 is 7.82 Å². The van der Waals surface area contributed by atoms with Crippen LogP contribution in [0.15, 0.2) is 0 Å². The van der Waals surface area contributed by atoms with Gasteiger partial charge in [-0.3, -0.25) is 4.52 Å². The SMILES string of the molecule is CCN(CC)CC.CCOP(=O)(O)O. The van der Waals surface area contributed by atoms with Crippen molar-refractivity contribution in [3.05, 3.63) is 0 Å². The van der Waals surface area contributed by atoms with Gasteiger partial charge in [-0.1, -0.05) is 20.8 Å². The number of hydrogen-bond donors (Lipinski definition) is 2. The zero-order valence-electron chi connectivity index (χ0n) is 9.43. The Morgan fingerprint density at radius 3 is 1.43 bits per heavy atom. The molecule has 0 atom stereocenters. The first-order chi connectivity index (χ1) is 6.41. The third-order valence-corrected chi connectivity index (χ3v) is 2.23. The molecule has 0 aliphatic carbocycles. The highest BCUT2D eigenvalue weighted by Gasteiger charge is 2.10. The molecule has 0 aromatic rings. The Balaban J connectivity index is 0. The van der Waals surface area contributed by atoms with Crippen molar-refractivity contribution in [2.75, 3.05) is 26.2 Å². The number of phosphoric ester groups is 1. The molecule has 0 amide bonds. The Hall–Kier alpha value is 0.0700. The van der Waals surface area contributed by atoms with E-state index in [1.54, 1.807) is 0 Å². The van der Waals surface area contributed by atoms with Gasteiger partial charge in [-0.15, -0.1) is 0 Å². The fourth-order valence-corrected chi connectivity index (χ4v) is 1.18. The molecule has 0 aliphatic rings. The average Bonchev–Trinajstić information content (AvgIpc) is 2.06. The van der Waals surface area contributed by atoms with Crippen LogP contribution in [0.25, 0.3) is 0 Å². The first-order valence-corrected chi connectivity index (χ1v) is 6.36. The van der Waals surface area contributed by atoms with Gasteiger partial charge in [0.05, 0.1) is 6.61 Å². The topological polar surface area (TPSA) is 70.0 Å². The zero-order chi connectivity index (χ0) is 11.6. The van der Waals surface area contributed by atoms with Gasteiger partial charge in [0.25, 0.3) is 0 Å². The molecule has 0 rings (SSSR count). The van der Waals surface area contributed by atoms with Gasteiger partial charge in [0.1, 0.15) is 0 Å². The molecule has 0 bridgehead atoms. The molecular formula is C8H22NO4P. The minimum atomic E-state index is -4.17. The molecule has 2 N–H and O–H groups in total. The van der Waals surface area contributed by atoms with Gasteiger partial charge < -0.3 is 14.7 Å². The maximum Gasteiger partial charge on any atom is 0.469 e. The van der Waals surface area contributed by atoms with Crippen molar-refractivity contribution in [1.29, 1.82) is 0 Å². The molecule has 0 aromatic carbocycles.